The minimum atomic E-state index is 0.110. The highest BCUT2D eigenvalue weighted by Crippen LogP contribution is 2.41. The molecule has 1 aromatic carbocycles. The zero-order valence-electron chi connectivity index (χ0n) is 13.9. The molecule has 6 nitrogen and oxygen atoms in total. The Hall–Kier alpha value is -2.02. The van der Waals surface area contributed by atoms with Gasteiger partial charge < -0.3 is 19.3 Å². The quantitative estimate of drug-likeness (QED) is 0.850. The van der Waals surface area contributed by atoms with Crippen molar-refractivity contribution in [1.82, 2.24) is 9.88 Å². The monoisotopic (exact) mass is 347 g/mol. The van der Waals surface area contributed by atoms with Crippen molar-refractivity contribution < 1.29 is 14.3 Å². The second kappa shape index (κ2) is 6.12. The first-order valence-corrected chi connectivity index (χ1v) is 9.08. The number of hydrogen-bond acceptors (Lipinski definition) is 6. The van der Waals surface area contributed by atoms with Crippen LogP contribution >= 0.6 is 11.3 Å². The van der Waals surface area contributed by atoms with Crippen molar-refractivity contribution in [3.05, 3.63) is 12.1 Å². The SMILES string of the molecule is COc1ccc(OC)c2sc(N3CC(C(=O)N4CCCC4)C3)nc12. The van der Waals surface area contributed by atoms with Gasteiger partial charge in [-0.15, -0.1) is 0 Å². The molecule has 7 heteroatoms. The van der Waals surface area contributed by atoms with Crippen LogP contribution in [0.3, 0.4) is 0 Å². The average Bonchev–Trinajstić information content (AvgIpc) is 3.22. The molecule has 2 aromatic rings. The number of thiazole rings is 1. The Labute approximate surface area is 145 Å². The van der Waals surface area contributed by atoms with Crippen LogP contribution in [0.25, 0.3) is 10.2 Å². The normalized spacial score (nSPS) is 18.1. The van der Waals surface area contributed by atoms with Gasteiger partial charge in [0.2, 0.25) is 5.91 Å². The molecule has 0 radical (unpaired) electrons. The first-order valence-electron chi connectivity index (χ1n) is 8.26. The number of anilines is 1. The number of nitrogens with zero attached hydrogens (tertiary/aromatic N) is 3. The van der Waals surface area contributed by atoms with Gasteiger partial charge in [0.05, 0.1) is 20.1 Å². The van der Waals surface area contributed by atoms with Gasteiger partial charge in [0.1, 0.15) is 21.7 Å². The van der Waals surface area contributed by atoms with Crippen LogP contribution in [0.2, 0.25) is 0 Å². The Kier molecular flexibility index (Phi) is 3.96. The summed E-state index contributed by atoms with van der Waals surface area (Å²) >= 11 is 1.59. The Morgan fingerprint density at radius 3 is 2.50 bits per heavy atom. The van der Waals surface area contributed by atoms with Crippen LogP contribution in [0.1, 0.15) is 12.8 Å². The van der Waals surface area contributed by atoms with Crippen LogP contribution in [0, 0.1) is 5.92 Å². The molecule has 0 bridgehead atoms. The number of aromatic nitrogens is 1. The predicted molar refractivity (Wildman–Crippen MR) is 94.2 cm³/mol. The largest absolute Gasteiger partial charge is 0.495 e. The molecule has 0 spiro atoms. The van der Waals surface area contributed by atoms with Crippen molar-refractivity contribution in [2.75, 3.05) is 45.3 Å². The highest BCUT2D eigenvalue weighted by atomic mass is 32.1. The third-order valence-electron chi connectivity index (χ3n) is 4.82. The van der Waals surface area contributed by atoms with Crippen LogP contribution < -0.4 is 14.4 Å². The number of hydrogen-bond donors (Lipinski definition) is 0. The predicted octanol–water partition coefficient (Wildman–Crippen LogP) is 2.37. The summed E-state index contributed by atoms with van der Waals surface area (Å²) in [5.41, 5.74) is 0.825. The summed E-state index contributed by atoms with van der Waals surface area (Å²) in [4.78, 5) is 21.3. The Balaban J connectivity index is 1.52. The second-order valence-electron chi connectivity index (χ2n) is 6.28. The van der Waals surface area contributed by atoms with Gasteiger partial charge in [-0.25, -0.2) is 4.98 Å². The average molecular weight is 347 g/mol. The second-order valence-corrected chi connectivity index (χ2v) is 7.26. The van der Waals surface area contributed by atoms with E-state index < -0.39 is 0 Å². The highest BCUT2D eigenvalue weighted by Gasteiger charge is 2.37. The molecule has 2 aliphatic heterocycles. The molecule has 24 heavy (non-hydrogen) atoms. The first kappa shape index (κ1) is 15.5. The van der Waals surface area contributed by atoms with Crippen molar-refractivity contribution in [2.45, 2.75) is 12.8 Å². The fourth-order valence-electron chi connectivity index (χ4n) is 3.40. The third kappa shape index (κ3) is 2.47. The number of rotatable bonds is 4. The van der Waals surface area contributed by atoms with Gasteiger partial charge in [0, 0.05) is 26.2 Å². The Morgan fingerprint density at radius 2 is 1.83 bits per heavy atom. The molecule has 2 aliphatic rings. The number of amides is 1. The zero-order chi connectivity index (χ0) is 16.7. The lowest BCUT2D eigenvalue weighted by Crippen LogP contribution is -2.54. The van der Waals surface area contributed by atoms with E-state index in [9.17, 15) is 4.79 Å². The lowest BCUT2D eigenvalue weighted by Gasteiger charge is -2.39. The maximum absolute atomic E-state index is 12.4. The molecule has 1 amide bonds. The highest BCUT2D eigenvalue weighted by molar-refractivity contribution is 7.22. The van der Waals surface area contributed by atoms with Gasteiger partial charge in [0.25, 0.3) is 0 Å². The minimum absolute atomic E-state index is 0.110. The van der Waals surface area contributed by atoms with Crippen LogP contribution in [-0.4, -0.2) is 56.2 Å². The molecule has 4 rings (SSSR count). The maximum Gasteiger partial charge on any atom is 0.229 e. The number of carbonyl (C=O) groups is 1. The topological polar surface area (TPSA) is 54.9 Å². The number of likely N-dealkylation sites (tertiary alicyclic amines) is 1. The molecule has 0 atom stereocenters. The summed E-state index contributed by atoms with van der Waals surface area (Å²) in [6, 6.07) is 3.78. The minimum Gasteiger partial charge on any atom is -0.495 e. The summed E-state index contributed by atoms with van der Waals surface area (Å²) in [6.45, 7) is 3.34. The van der Waals surface area contributed by atoms with Crippen molar-refractivity contribution in [2.24, 2.45) is 5.92 Å². The molecule has 0 N–H and O–H groups in total. The first-order chi connectivity index (χ1) is 11.7. The van der Waals surface area contributed by atoms with E-state index >= 15 is 0 Å². The van der Waals surface area contributed by atoms with E-state index in [0.717, 1.165) is 65.9 Å². The van der Waals surface area contributed by atoms with Crippen molar-refractivity contribution >= 4 is 32.6 Å². The molecule has 128 valence electrons. The molecular weight excluding hydrogens is 326 g/mol. The number of benzene rings is 1. The fraction of sp³-hybridized carbons (Fsp3) is 0.529. The van der Waals surface area contributed by atoms with Crippen molar-refractivity contribution in [3.8, 4) is 11.5 Å². The van der Waals surface area contributed by atoms with E-state index in [0.29, 0.717) is 5.91 Å². The molecule has 1 aromatic heterocycles. The van der Waals surface area contributed by atoms with Gasteiger partial charge in [-0.1, -0.05) is 11.3 Å². The smallest absolute Gasteiger partial charge is 0.229 e. The summed E-state index contributed by atoms with van der Waals surface area (Å²) in [6.07, 6.45) is 2.28. The summed E-state index contributed by atoms with van der Waals surface area (Å²) in [5.74, 6) is 1.97. The van der Waals surface area contributed by atoms with E-state index in [-0.39, 0.29) is 5.92 Å². The van der Waals surface area contributed by atoms with E-state index in [1.165, 1.54) is 0 Å². The number of ether oxygens (including phenoxy) is 2. The lowest BCUT2D eigenvalue weighted by atomic mass is 9.99. The number of methoxy groups -OCH3 is 2. The van der Waals surface area contributed by atoms with E-state index in [4.69, 9.17) is 14.5 Å². The fourth-order valence-corrected chi connectivity index (χ4v) is 4.49. The van der Waals surface area contributed by atoms with Gasteiger partial charge >= 0.3 is 0 Å². The van der Waals surface area contributed by atoms with Crippen LogP contribution in [0.4, 0.5) is 5.13 Å². The Bertz CT molecular complexity index is 723. The number of carbonyl (C=O) groups excluding carboxylic acids is 1. The van der Waals surface area contributed by atoms with Crippen molar-refractivity contribution in [3.63, 3.8) is 0 Å². The molecule has 2 fully saturated rings. The third-order valence-corrected chi connectivity index (χ3v) is 5.95. The van der Waals surface area contributed by atoms with E-state index in [2.05, 4.69) is 4.90 Å². The summed E-state index contributed by atoms with van der Waals surface area (Å²) in [5, 5.41) is 0.929. The number of fused-ring (bicyclic) bond motifs is 1. The Morgan fingerprint density at radius 1 is 1.17 bits per heavy atom. The zero-order valence-corrected chi connectivity index (χ0v) is 14.8. The van der Waals surface area contributed by atoms with Crippen LogP contribution in [0.15, 0.2) is 12.1 Å². The molecule has 3 heterocycles. The molecular formula is C17H21N3O3S. The molecule has 2 saturated heterocycles. The standard InChI is InChI=1S/C17H21N3O3S/c1-22-12-5-6-13(23-2)15-14(12)18-17(24-15)20-9-11(10-20)16(21)19-7-3-4-8-19/h5-6,11H,3-4,7-10H2,1-2H3. The van der Waals surface area contributed by atoms with Gasteiger partial charge in [-0.2, -0.15) is 0 Å². The van der Waals surface area contributed by atoms with Gasteiger partial charge in [-0.05, 0) is 25.0 Å². The lowest BCUT2D eigenvalue weighted by molar-refractivity contribution is -0.135. The van der Waals surface area contributed by atoms with Crippen LogP contribution in [0.5, 0.6) is 11.5 Å². The molecule has 0 unspecified atom stereocenters. The summed E-state index contributed by atoms with van der Waals surface area (Å²) in [7, 11) is 3.31. The maximum atomic E-state index is 12.4. The van der Waals surface area contributed by atoms with Gasteiger partial charge in [-0.3, -0.25) is 4.79 Å². The van der Waals surface area contributed by atoms with E-state index in [1.807, 2.05) is 17.0 Å². The van der Waals surface area contributed by atoms with Crippen molar-refractivity contribution in [1.29, 1.82) is 0 Å². The van der Waals surface area contributed by atoms with E-state index in [1.54, 1.807) is 25.6 Å². The van der Waals surface area contributed by atoms with Gasteiger partial charge in [0.15, 0.2) is 5.13 Å². The molecule has 0 aliphatic carbocycles. The molecule has 0 saturated carbocycles. The summed E-state index contributed by atoms with van der Waals surface area (Å²) < 4.78 is 11.8. The van der Waals surface area contributed by atoms with Crippen LogP contribution in [-0.2, 0) is 4.79 Å².